The number of aromatic nitrogens is 2. The quantitative estimate of drug-likeness (QED) is 0.862. The van der Waals surface area contributed by atoms with Gasteiger partial charge in [-0.1, -0.05) is 18.2 Å². The molecule has 114 valence electrons. The van der Waals surface area contributed by atoms with E-state index < -0.39 is 0 Å². The second-order valence-electron chi connectivity index (χ2n) is 5.05. The van der Waals surface area contributed by atoms with Crippen LogP contribution in [-0.4, -0.2) is 34.2 Å². The van der Waals surface area contributed by atoms with Gasteiger partial charge >= 0.3 is 0 Å². The smallest absolute Gasteiger partial charge is 0.295 e. The zero-order valence-corrected chi connectivity index (χ0v) is 12.5. The molecule has 0 spiro atoms. The lowest BCUT2D eigenvalue weighted by atomic mass is 10.3. The maximum absolute atomic E-state index is 12.6. The number of nitrogens with one attached hydrogen (secondary N) is 2. The van der Waals surface area contributed by atoms with Crippen LogP contribution in [0.15, 0.2) is 40.1 Å². The van der Waals surface area contributed by atoms with Crippen molar-refractivity contribution < 1.29 is 4.79 Å². The van der Waals surface area contributed by atoms with Crippen LogP contribution in [0.2, 0.25) is 0 Å². The van der Waals surface area contributed by atoms with Crippen molar-refractivity contribution in [2.75, 3.05) is 18.4 Å². The molecule has 0 aliphatic carbocycles. The second-order valence-corrected chi connectivity index (χ2v) is 5.05. The lowest BCUT2D eigenvalue weighted by Gasteiger charge is -2.07. The Bertz CT molecular complexity index is 801. The van der Waals surface area contributed by atoms with Crippen LogP contribution in [-0.2, 0) is 11.8 Å². The topological polar surface area (TPSA) is 80.4 Å². The molecule has 0 bridgehead atoms. The Hall–Kier alpha value is -2.83. The van der Waals surface area contributed by atoms with Gasteiger partial charge in [-0.25, -0.2) is 4.68 Å². The minimum absolute atomic E-state index is 0.266. The summed E-state index contributed by atoms with van der Waals surface area (Å²) in [5.74, 6) is -0.113. The number of nitrogens with zero attached hydrogens (tertiary/aromatic N) is 3. The van der Waals surface area contributed by atoms with Crippen LogP contribution in [0, 0.1) is 6.92 Å². The van der Waals surface area contributed by atoms with Gasteiger partial charge in [0.1, 0.15) is 5.69 Å². The van der Waals surface area contributed by atoms with Crippen molar-refractivity contribution in [2.24, 2.45) is 12.0 Å². The van der Waals surface area contributed by atoms with E-state index in [1.54, 1.807) is 18.7 Å². The van der Waals surface area contributed by atoms with E-state index in [0.29, 0.717) is 18.8 Å². The molecule has 7 nitrogen and oxygen atoms in total. The van der Waals surface area contributed by atoms with E-state index in [4.69, 9.17) is 0 Å². The fourth-order valence-electron chi connectivity index (χ4n) is 2.43. The molecule has 1 amide bonds. The molecule has 1 aliphatic rings. The number of anilines is 1. The number of amidine groups is 1. The average molecular weight is 299 g/mol. The number of carbonyl (C=O) groups is 1. The van der Waals surface area contributed by atoms with Crippen LogP contribution < -0.4 is 16.2 Å². The Morgan fingerprint density at radius 1 is 1.32 bits per heavy atom. The van der Waals surface area contributed by atoms with E-state index >= 15 is 0 Å². The summed E-state index contributed by atoms with van der Waals surface area (Å²) in [6.45, 7) is 3.01. The van der Waals surface area contributed by atoms with Crippen molar-refractivity contribution in [3.63, 3.8) is 0 Å². The van der Waals surface area contributed by atoms with Crippen LogP contribution in [0.1, 0.15) is 5.69 Å². The predicted octanol–water partition coefficient (Wildman–Crippen LogP) is 0.425. The summed E-state index contributed by atoms with van der Waals surface area (Å²) in [5, 5.41) is 5.56. The van der Waals surface area contributed by atoms with Gasteiger partial charge in [-0.05, 0) is 19.1 Å². The van der Waals surface area contributed by atoms with E-state index in [9.17, 15) is 9.59 Å². The summed E-state index contributed by atoms with van der Waals surface area (Å²) in [5.41, 5.74) is 1.43. The van der Waals surface area contributed by atoms with Crippen LogP contribution in [0.4, 0.5) is 5.69 Å². The molecular weight excluding hydrogens is 282 g/mol. The molecule has 0 saturated heterocycles. The molecule has 0 saturated carbocycles. The lowest BCUT2D eigenvalue weighted by Crippen LogP contribution is -2.34. The number of aliphatic imine (C=N–C) groups is 1. The molecule has 1 aromatic carbocycles. The zero-order chi connectivity index (χ0) is 15.7. The highest BCUT2D eigenvalue weighted by atomic mass is 16.2. The third kappa shape index (κ3) is 2.30. The Morgan fingerprint density at radius 2 is 2.05 bits per heavy atom. The SMILES string of the molecule is Cc1c(NC(=O)C2=NCCN2)c(=O)n(-c2ccccc2)n1C. The molecule has 0 radical (unpaired) electrons. The standard InChI is InChI=1S/C15H17N5O2/c1-10-12(18-14(21)13-16-8-9-17-13)15(22)20(19(10)2)11-6-4-3-5-7-11/h3-7H,8-9H2,1-2H3,(H,16,17)(H,18,21). The monoisotopic (exact) mass is 299 g/mol. The Morgan fingerprint density at radius 3 is 2.68 bits per heavy atom. The highest BCUT2D eigenvalue weighted by Gasteiger charge is 2.21. The normalized spacial score (nSPS) is 13.6. The summed E-state index contributed by atoms with van der Waals surface area (Å²) < 4.78 is 3.24. The molecule has 22 heavy (non-hydrogen) atoms. The highest BCUT2D eigenvalue weighted by molar-refractivity contribution is 6.42. The summed E-state index contributed by atoms with van der Waals surface area (Å²) in [4.78, 5) is 28.8. The summed E-state index contributed by atoms with van der Waals surface area (Å²) in [6, 6.07) is 9.29. The van der Waals surface area contributed by atoms with E-state index in [1.165, 1.54) is 4.68 Å². The van der Waals surface area contributed by atoms with E-state index in [1.807, 2.05) is 30.3 Å². The van der Waals surface area contributed by atoms with Gasteiger partial charge in [0.2, 0.25) is 0 Å². The summed E-state index contributed by atoms with van der Waals surface area (Å²) in [6.07, 6.45) is 0. The van der Waals surface area contributed by atoms with Gasteiger partial charge in [0, 0.05) is 13.6 Å². The Kier molecular flexibility index (Phi) is 3.54. The molecule has 0 atom stereocenters. The molecule has 2 aromatic rings. The second kappa shape index (κ2) is 5.51. The maximum atomic E-state index is 12.6. The minimum atomic E-state index is -0.386. The number of carbonyl (C=O) groups excluding carboxylic acids is 1. The first kappa shape index (κ1) is 14.1. The van der Waals surface area contributed by atoms with E-state index in [0.717, 1.165) is 5.69 Å². The van der Waals surface area contributed by atoms with Crippen LogP contribution in [0.3, 0.4) is 0 Å². The molecule has 0 fully saturated rings. The minimum Gasteiger partial charge on any atom is -0.364 e. The third-order valence-electron chi connectivity index (χ3n) is 3.68. The lowest BCUT2D eigenvalue weighted by molar-refractivity contribution is -0.110. The van der Waals surface area contributed by atoms with Gasteiger partial charge in [-0.15, -0.1) is 0 Å². The predicted molar refractivity (Wildman–Crippen MR) is 84.7 cm³/mol. The van der Waals surface area contributed by atoms with Gasteiger partial charge < -0.3 is 10.6 Å². The van der Waals surface area contributed by atoms with Crippen LogP contribution >= 0.6 is 0 Å². The van der Waals surface area contributed by atoms with Crippen molar-refractivity contribution in [3.05, 3.63) is 46.4 Å². The maximum Gasteiger partial charge on any atom is 0.295 e. The first-order chi connectivity index (χ1) is 10.6. The van der Waals surface area contributed by atoms with Gasteiger partial charge in [-0.3, -0.25) is 19.3 Å². The molecule has 2 N–H and O–H groups in total. The first-order valence-electron chi connectivity index (χ1n) is 7.03. The molecular formula is C15H17N5O2. The van der Waals surface area contributed by atoms with Gasteiger partial charge in [0.05, 0.1) is 17.9 Å². The van der Waals surface area contributed by atoms with Crippen molar-refractivity contribution >= 4 is 17.4 Å². The fourth-order valence-corrected chi connectivity index (χ4v) is 2.43. The largest absolute Gasteiger partial charge is 0.364 e. The molecule has 0 unspecified atom stereocenters. The van der Waals surface area contributed by atoms with Gasteiger partial charge in [0.25, 0.3) is 11.5 Å². The highest BCUT2D eigenvalue weighted by Crippen LogP contribution is 2.13. The van der Waals surface area contributed by atoms with Crippen molar-refractivity contribution in [2.45, 2.75) is 6.92 Å². The molecule has 1 aromatic heterocycles. The number of para-hydroxylation sites is 1. The Balaban J connectivity index is 2.00. The zero-order valence-electron chi connectivity index (χ0n) is 12.5. The number of amides is 1. The number of hydrogen-bond acceptors (Lipinski definition) is 4. The van der Waals surface area contributed by atoms with Crippen molar-refractivity contribution in [1.82, 2.24) is 14.7 Å². The molecule has 7 heteroatoms. The number of hydrogen-bond donors (Lipinski definition) is 2. The first-order valence-corrected chi connectivity index (χ1v) is 7.03. The fraction of sp³-hybridized carbons (Fsp3) is 0.267. The Labute approximate surface area is 127 Å². The number of benzene rings is 1. The average Bonchev–Trinajstić information content (AvgIpc) is 3.13. The van der Waals surface area contributed by atoms with Crippen LogP contribution in [0.25, 0.3) is 5.69 Å². The summed E-state index contributed by atoms with van der Waals surface area (Å²) >= 11 is 0. The molecule has 1 aliphatic heterocycles. The van der Waals surface area contributed by atoms with Crippen molar-refractivity contribution in [1.29, 1.82) is 0 Å². The summed E-state index contributed by atoms with van der Waals surface area (Å²) in [7, 11) is 1.78. The van der Waals surface area contributed by atoms with Crippen LogP contribution in [0.5, 0.6) is 0 Å². The van der Waals surface area contributed by atoms with E-state index in [2.05, 4.69) is 15.6 Å². The van der Waals surface area contributed by atoms with Gasteiger partial charge in [0.15, 0.2) is 5.84 Å². The molecule has 2 heterocycles. The van der Waals surface area contributed by atoms with Gasteiger partial charge in [-0.2, -0.15) is 0 Å². The molecule has 3 rings (SSSR count). The third-order valence-corrected chi connectivity index (χ3v) is 3.68. The van der Waals surface area contributed by atoms with Crippen molar-refractivity contribution in [3.8, 4) is 5.69 Å². The number of rotatable bonds is 3. The van der Waals surface area contributed by atoms with E-state index in [-0.39, 0.29) is 23.0 Å².